The van der Waals surface area contributed by atoms with Crippen molar-refractivity contribution in [2.75, 3.05) is 7.11 Å². The number of benzene rings is 2. The average molecular weight is 459 g/mol. The van der Waals surface area contributed by atoms with E-state index in [1.54, 1.807) is 10.8 Å². The maximum atomic E-state index is 12.1. The molecular formula is C25H22N4O3S. The van der Waals surface area contributed by atoms with Crippen molar-refractivity contribution in [1.29, 1.82) is 0 Å². The van der Waals surface area contributed by atoms with Crippen LogP contribution in [0.1, 0.15) is 31.9 Å². The van der Waals surface area contributed by atoms with Crippen LogP contribution >= 0.6 is 11.3 Å². The fraction of sp³-hybridized carbons (Fsp3) is 0.200. The highest BCUT2D eigenvalue weighted by Gasteiger charge is 2.21. The zero-order chi connectivity index (χ0) is 23.1. The van der Waals surface area contributed by atoms with Crippen molar-refractivity contribution < 1.29 is 14.3 Å². The first kappa shape index (κ1) is 21.1. The summed E-state index contributed by atoms with van der Waals surface area (Å²) in [5, 5.41) is 5.44. The van der Waals surface area contributed by atoms with Crippen molar-refractivity contribution in [3.63, 3.8) is 0 Å². The third-order valence-corrected chi connectivity index (χ3v) is 6.73. The fourth-order valence-electron chi connectivity index (χ4n) is 3.87. The number of carbonyl (C=O) groups excluding carboxylic acids is 1. The van der Waals surface area contributed by atoms with Gasteiger partial charge in [0.05, 0.1) is 12.5 Å². The van der Waals surface area contributed by atoms with Crippen LogP contribution in [-0.4, -0.2) is 32.7 Å². The molecule has 33 heavy (non-hydrogen) atoms. The highest BCUT2D eigenvalue weighted by molar-refractivity contribution is 7.20. The monoisotopic (exact) mass is 458 g/mol. The van der Waals surface area contributed by atoms with Crippen molar-refractivity contribution >= 4 is 33.2 Å². The number of esters is 1. The zero-order valence-corrected chi connectivity index (χ0v) is 19.6. The molecular weight excluding hydrogens is 436 g/mol. The van der Waals surface area contributed by atoms with Crippen LogP contribution in [0, 0.1) is 20.8 Å². The number of aromatic nitrogens is 4. The van der Waals surface area contributed by atoms with Crippen LogP contribution in [0.4, 0.5) is 0 Å². The molecule has 7 nitrogen and oxygen atoms in total. The maximum Gasteiger partial charge on any atom is 0.348 e. The van der Waals surface area contributed by atoms with Crippen LogP contribution in [0.25, 0.3) is 27.3 Å². The number of thiophene rings is 1. The van der Waals surface area contributed by atoms with E-state index in [0.717, 1.165) is 38.2 Å². The van der Waals surface area contributed by atoms with E-state index >= 15 is 0 Å². The third-order valence-electron chi connectivity index (χ3n) is 5.55. The summed E-state index contributed by atoms with van der Waals surface area (Å²) < 4.78 is 12.6. The Morgan fingerprint density at radius 1 is 1.12 bits per heavy atom. The van der Waals surface area contributed by atoms with Gasteiger partial charge in [-0.15, -0.1) is 16.4 Å². The summed E-state index contributed by atoms with van der Waals surface area (Å²) in [7, 11) is 1.38. The molecule has 0 atom stereocenters. The van der Waals surface area contributed by atoms with Gasteiger partial charge in [-0.1, -0.05) is 35.9 Å². The van der Waals surface area contributed by atoms with Gasteiger partial charge in [0.2, 0.25) is 0 Å². The first-order valence-corrected chi connectivity index (χ1v) is 11.3. The first-order chi connectivity index (χ1) is 15.9. The van der Waals surface area contributed by atoms with Crippen LogP contribution in [0.15, 0.2) is 48.8 Å². The van der Waals surface area contributed by atoms with Crippen molar-refractivity contribution in [1.82, 2.24) is 19.6 Å². The Morgan fingerprint density at radius 2 is 1.97 bits per heavy atom. The van der Waals surface area contributed by atoms with Crippen molar-refractivity contribution in [2.24, 2.45) is 0 Å². The number of rotatable bonds is 5. The van der Waals surface area contributed by atoms with Gasteiger partial charge in [0, 0.05) is 5.56 Å². The van der Waals surface area contributed by atoms with E-state index in [-0.39, 0.29) is 5.97 Å². The number of ether oxygens (including phenoxy) is 2. The van der Waals surface area contributed by atoms with Gasteiger partial charge in [0.1, 0.15) is 28.4 Å². The van der Waals surface area contributed by atoms with E-state index in [9.17, 15) is 4.79 Å². The molecule has 0 radical (unpaired) electrons. The van der Waals surface area contributed by atoms with Crippen LogP contribution in [0.3, 0.4) is 0 Å². The van der Waals surface area contributed by atoms with Crippen LogP contribution in [-0.2, 0) is 11.3 Å². The molecule has 0 fully saturated rings. The number of hydrogen-bond acceptors (Lipinski definition) is 7. The van der Waals surface area contributed by atoms with Crippen molar-refractivity contribution in [2.45, 2.75) is 27.4 Å². The second kappa shape index (κ2) is 8.29. The molecule has 0 spiro atoms. The molecule has 0 amide bonds. The van der Waals surface area contributed by atoms with E-state index in [1.807, 2.05) is 50.2 Å². The van der Waals surface area contributed by atoms with Crippen molar-refractivity contribution in [3.05, 3.63) is 75.9 Å². The Balaban J connectivity index is 1.48. The van der Waals surface area contributed by atoms with Gasteiger partial charge in [-0.05, 0) is 49.6 Å². The fourth-order valence-corrected chi connectivity index (χ4v) is 4.93. The maximum absolute atomic E-state index is 12.1. The summed E-state index contributed by atoms with van der Waals surface area (Å²) >= 11 is 1.30. The highest BCUT2D eigenvalue weighted by Crippen LogP contribution is 2.33. The topological polar surface area (TPSA) is 78.6 Å². The standard InChI is InChI=1S/C25H22N4O3S/c1-14-8-9-19(15(2)10-14)32-12-17-6-5-7-18(11-17)22-27-23-20-16(3)21(25(30)31-4)33-24(20)26-13-29(23)28-22/h5-11,13H,12H2,1-4H3. The molecule has 0 unspecified atom stereocenters. The molecule has 3 aromatic heterocycles. The minimum absolute atomic E-state index is 0.370. The van der Waals surface area contributed by atoms with Gasteiger partial charge < -0.3 is 9.47 Å². The minimum atomic E-state index is -0.370. The summed E-state index contributed by atoms with van der Waals surface area (Å²) in [5.41, 5.74) is 5.69. The summed E-state index contributed by atoms with van der Waals surface area (Å²) in [6.45, 7) is 6.45. The lowest BCUT2D eigenvalue weighted by Gasteiger charge is -2.10. The predicted octanol–water partition coefficient (Wildman–Crippen LogP) is 5.30. The molecule has 2 aromatic carbocycles. The molecule has 8 heteroatoms. The van der Waals surface area contributed by atoms with Crippen LogP contribution in [0.5, 0.6) is 5.75 Å². The van der Waals surface area contributed by atoms with Gasteiger partial charge in [-0.3, -0.25) is 0 Å². The number of hydrogen-bond donors (Lipinski definition) is 0. The normalized spacial score (nSPS) is 11.3. The second-order valence-corrected chi connectivity index (χ2v) is 8.93. The number of fused-ring (bicyclic) bond motifs is 3. The van der Waals surface area contributed by atoms with Crippen LogP contribution in [0.2, 0.25) is 0 Å². The third kappa shape index (κ3) is 3.82. The molecule has 0 saturated heterocycles. The van der Waals surface area contributed by atoms with Gasteiger partial charge in [-0.25, -0.2) is 19.3 Å². The first-order valence-electron chi connectivity index (χ1n) is 10.5. The average Bonchev–Trinajstić information content (AvgIpc) is 3.39. The van der Waals surface area contributed by atoms with Gasteiger partial charge in [0.25, 0.3) is 0 Å². The smallest absolute Gasteiger partial charge is 0.348 e. The molecule has 0 aliphatic carbocycles. The van der Waals surface area contributed by atoms with E-state index in [4.69, 9.17) is 14.5 Å². The molecule has 0 N–H and O–H groups in total. The molecule has 5 rings (SSSR count). The lowest BCUT2D eigenvalue weighted by atomic mass is 10.1. The van der Waals surface area contributed by atoms with E-state index in [2.05, 4.69) is 23.1 Å². The summed E-state index contributed by atoms with van der Waals surface area (Å²) in [4.78, 5) is 22.6. The Hall–Kier alpha value is -3.78. The van der Waals surface area contributed by atoms with E-state index < -0.39 is 0 Å². The van der Waals surface area contributed by atoms with Gasteiger partial charge >= 0.3 is 5.97 Å². The molecule has 0 aliphatic rings. The van der Waals surface area contributed by atoms with Gasteiger partial charge in [0.15, 0.2) is 11.5 Å². The largest absolute Gasteiger partial charge is 0.489 e. The Labute approximate surface area is 194 Å². The summed E-state index contributed by atoms with van der Waals surface area (Å²) in [5.74, 6) is 1.09. The Bertz CT molecular complexity index is 1520. The van der Waals surface area contributed by atoms with E-state index in [1.165, 1.54) is 24.0 Å². The number of nitrogens with zero attached hydrogens (tertiary/aromatic N) is 4. The quantitative estimate of drug-likeness (QED) is 0.333. The molecule has 0 aliphatic heterocycles. The number of methoxy groups -OCH3 is 1. The molecule has 0 bridgehead atoms. The predicted molar refractivity (Wildman–Crippen MR) is 128 cm³/mol. The van der Waals surface area contributed by atoms with Crippen molar-refractivity contribution in [3.8, 4) is 17.1 Å². The number of aryl methyl sites for hydroxylation is 3. The molecule has 166 valence electrons. The summed E-state index contributed by atoms with van der Waals surface area (Å²) in [6, 6.07) is 14.2. The molecule has 3 heterocycles. The lowest BCUT2D eigenvalue weighted by Crippen LogP contribution is -1.99. The minimum Gasteiger partial charge on any atom is -0.489 e. The lowest BCUT2D eigenvalue weighted by molar-refractivity contribution is 0.0605. The van der Waals surface area contributed by atoms with Gasteiger partial charge in [-0.2, -0.15) is 0 Å². The summed E-state index contributed by atoms with van der Waals surface area (Å²) in [6.07, 6.45) is 1.62. The zero-order valence-electron chi connectivity index (χ0n) is 18.7. The van der Waals surface area contributed by atoms with Crippen LogP contribution < -0.4 is 4.74 Å². The Kier molecular flexibility index (Phi) is 5.30. The molecule has 5 aromatic rings. The SMILES string of the molecule is COC(=O)c1sc2ncn3nc(-c4cccc(COc5ccc(C)cc5C)c4)nc3c2c1C. The second-order valence-electron chi connectivity index (χ2n) is 7.93. The highest BCUT2D eigenvalue weighted by atomic mass is 32.1. The molecule has 0 saturated carbocycles. The number of carbonyl (C=O) groups is 1. The Morgan fingerprint density at radius 3 is 2.76 bits per heavy atom. The van der Waals surface area contributed by atoms with E-state index in [0.29, 0.717) is 23.0 Å².